The highest BCUT2D eigenvalue weighted by Gasteiger charge is 2.12. The molecule has 0 aliphatic rings. The minimum Gasteiger partial charge on any atom is -0.320 e. The number of aromatic nitrogens is 2. The van der Waals surface area contributed by atoms with Crippen LogP contribution in [0.3, 0.4) is 0 Å². The molecule has 1 heterocycles. The van der Waals surface area contributed by atoms with Gasteiger partial charge in [-0.15, -0.1) is 0 Å². The molecule has 0 amide bonds. The molecule has 3 heteroatoms. The SMILES string of the molecule is Cc1ccc(N(Cc2ccccc2)c2ccn(C)n2)cc1. The van der Waals surface area contributed by atoms with Crippen LogP contribution in [0.25, 0.3) is 0 Å². The highest BCUT2D eigenvalue weighted by Crippen LogP contribution is 2.26. The minimum absolute atomic E-state index is 0.806. The maximum atomic E-state index is 4.55. The average molecular weight is 277 g/mol. The summed E-state index contributed by atoms with van der Waals surface area (Å²) in [6, 6.07) is 21.1. The van der Waals surface area contributed by atoms with Crippen LogP contribution in [0.4, 0.5) is 11.5 Å². The summed E-state index contributed by atoms with van der Waals surface area (Å²) in [5.74, 6) is 0.963. The molecule has 0 unspecified atom stereocenters. The lowest BCUT2D eigenvalue weighted by molar-refractivity contribution is 0.758. The molecule has 0 aliphatic heterocycles. The Hall–Kier alpha value is -2.55. The molecule has 0 bridgehead atoms. The van der Waals surface area contributed by atoms with Gasteiger partial charge in [-0.1, -0.05) is 48.0 Å². The zero-order chi connectivity index (χ0) is 14.7. The lowest BCUT2D eigenvalue weighted by Gasteiger charge is -2.22. The summed E-state index contributed by atoms with van der Waals surface area (Å²) in [7, 11) is 1.94. The van der Waals surface area contributed by atoms with Gasteiger partial charge in [0.2, 0.25) is 0 Å². The summed E-state index contributed by atoms with van der Waals surface area (Å²) in [6.45, 7) is 2.91. The van der Waals surface area contributed by atoms with E-state index < -0.39 is 0 Å². The first-order valence-electron chi connectivity index (χ1n) is 7.10. The summed E-state index contributed by atoms with van der Waals surface area (Å²) >= 11 is 0. The summed E-state index contributed by atoms with van der Waals surface area (Å²) in [5, 5.41) is 4.55. The number of hydrogen-bond acceptors (Lipinski definition) is 2. The van der Waals surface area contributed by atoms with Crippen molar-refractivity contribution in [3.8, 4) is 0 Å². The van der Waals surface area contributed by atoms with E-state index in [0.717, 1.165) is 18.1 Å². The first kappa shape index (κ1) is 13.4. The molecule has 21 heavy (non-hydrogen) atoms. The number of anilines is 2. The van der Waals surface area contributed by atoms with Gasteiger partial charge in [0, 0.05) is 31.5 Å². The predicted molar refractivity (Wildman–Crippen MR) is 86.7 cm³/mol. The maximum Gasteiger partial charge on any atom is 0.155 e. The second-order valence-corrected chi connectivity index (χ2v) is 5.25. The molecule has 3 nitrogen and oxygen atoms in total. The van der Waals surface area contributed by atoms with Crippen LogP contribution in [-0.4, -0.2) is 9.78 Å². The molecule has 3 aromatic rings. The number of benzene rings is 2. The van der Waals surface area contributed by atoms with Gasteiger partial charge in [-0.2, -0.15) is 5.10 Å². The lowest BCUT2D eigenvalue weighted by Crippen LogP contribution is -2.17. The van der Waals surface area contributed by atoms with Crippen LogP contribution in [0, 0.1) is 6.92 Å². The number of hydrogen-bond donors (Lipinski definition) is 0. The van der Waals surface area contributed by atoms with E-state index in [2.05, 4.69) is 65.5 Å². The van der Waals surface area contributed by atoms with Crippen molar-refractivity contribution in [1.29, 1.82) is 0 Å². The van der Waals surface area contributed by atoms with Crippen molar-refractivity contribution >= 4 is 11.5 Å². The Morgan fingerprint density at radius 2 is 1.67 bits per heavy atom. The molecule has 0 saturated carbocycles. The molecule has 3 rings (SSSR count). The molecular weight excluding hydrogens is 258 g/mol. The van der Waals surface area contributed by atoms with Crippen LogP contribution in [0.2, 0.25) is 0 Å². The molecule has 106 valence electrons. The molecule has 0 aliphatic carbocycles. The summed E-state index contributed by atoms with van der Waals surface area (Å²) in [5.41, 5.74) is 3.69. The van der Waals surface area contributed by atoms with Crippen molar-refractivity contribution in [3.05, 3.63) is 78.0 Å². The van der Waals surface area contributed by atoms with Gasteiger partial charge in [0.05, 0.1) is 0 Å². The largest absolute Gasteiger partial charge is 0.320 e. The Balaban J connectivity index is 1.96. The van der Waals surface area contributed by atoms with Gasteiger partial charge in [-0.3, -0.25) is 4.68 Å². The monoisotopic (exact) mass is 277 g/mol. The molecule has 0 atom stereocenters. The fourth-order valence-electron chi connectivity index (χ4n) is 2.34. The van der Waals surface area contributed by atoms with Gasteiger partial charge in [0.25, 0.3) is 0 Å². The zero-order valence-electron chi connectivity index (χ0n) is 12.4. The van der Waals surface area contributed by atoms with Gasteiger partial charge in [-0.05, 0) is 24.6 Å². The molecule has 1 aromatic heterocycles. The van der Waals surface area contributed by atoms with Crippen molar-refractivity contribution in [3.63, 3.8) is 0 Å². The predicted octanol–water partition coefficient (Wildman–Crippen LogP) is 4.07. The number of rotatable bonds is 4. The second-order valence-electron chi connectivity index (χ2n) is 5.25. The average Bonchev–Trinajstić information content (AvgIpc) is 2.93. The third-order valence-corrected chi connectivity index (χ3v) is 3.51. The Bertz CT molecular complexity index is 699. The first-order valence-corrected chi connectivity index (χ1v) is 7.10. The smallest absolute Gasteiger partial charge is 0.155 e. The molecule has 0 saturated heterocycles. The summed E-state index contributed by atoms with van der Waals surface area (Å²) < 4.78 is 1.83. The fourth-order valence-corrected chi connectivity index (χ4v) is 2.34. The quantitative estimate of drug-likeness (QED) is 0.717. The van der Waals surface area contributed by atoms with Crippen LogP contribution >= 0.6 is 0 Å². The highest BCUT2D eigenvalue weighted by atomic mass is 15.3. The third kappa shape index (κ3) is 3.14. The molecular formula is C18H19N3. The van der Waals surface area contributed by atoms with Crippen molar-refractivity contribution < 1.29 is 0 Å². The maximum absolute atomic E-state index is 4.55. The van der Waals surface area contributed by atoms with Gasteiger partial charge in [0.1, 0.15) is 0 Å². The van der Waals surface area contributed by atoms with E-state index >= 15 is 0 Å². The van der Waals surface area contributed by atoms with Gasteiger partial charge >= 0.3 is 0 Å². The highest BCUT2D eigenvalue weighted by molar-refractivity contribution is 5.60. The van der Waals surface area contributed by atoms with E-state index in [0.29, 0.717) is 0 Å². The van der Waals surface area contributed by atoms with Crippen LogP contribution in [0.1, 0.15) is 11.1 Å². The van der Waals surface area contributed by atoms with E-state index in [9.17, 15) is 0 Å². The summed E-state index contributed by atoms with van der Waals surface area (Å²) in [6.07, 6.45) is 1.97. The van der Waals surface area contributed by atoms with E-state index in [1.165, 1.54) is 11.1 Å². The fraction of sp³-hybridized carbons (Fsp3) is 0.167. The third-order valence-electron chi connectivity index (χ3n) is 3.51. The van der Waals surface area contributed by atoms with Gasteiger partial charge in [0.15, 0.2) is 5.82 Å². The zero-order valence-corrected chi connectivity index (χ0v) is 12.4. The van der Waals surface area contributed by atoms with Crippen LogP contribution in [0.5, 0.6) is 0 Å². The Morgan fingerprint density at radius 3 is 2.29 bits per heavy atom. The van der Waals surface area contributed by atoms with Crippen LogP contribution < -0.4 is 4.90 Å². The molecule has 0 fully saturated rings. The van der Waals surface area contributed by atoms with E-state index in [-0.39, 0.29) is 0 Å². The Labute approximate surface area is 125 Å². The van der Waals surface area contributed by atoms with E-state index in [4.69, 9.17) is 0 Å². The Morgan fingerprint density at radius 1 is 0.952 bits per heavy atom. The topological polar surface area (TPSA) is 21.1 Å². The number of aryl methyl sites for hydroxylation is 2. The van der Waals surface area contributed by atoms with Crippen molar-refractivity contribution in [2.75, 3.05) is 4.90 Å². The van der Waals surface area contributed by atoms with Gasteiger partial charge in [-0.25, -0.2) is 0 Å². The normalized spacial score (nSPS) is 10.6. The molecule has 2 aromatic carbocycles. The van der Waals surface area contributed by atoms with Crippen molar-refractivity contribution in [2.45, 2.75) is 13.5 Å². The van der Waals surface area contributed by atoms with Crippen LogP contribution in [-0.2, 0) is 13.6 Å². The Kier molecular flexibility index (Phi) is 3.73. The molecule has 0 radical (unpaired) electrons. The van der Waals surface area contributed by atoms with Gasteiger partial charge < -0.3 is 4.90 Å². The lowest BCUT2D eigenvalue weighted by atomic mass is 10.1. The van der Waals surface area contributed by atoms with Crippen molar-refractivity contribution in [2.24, 2.45) is 7.05 Å². The second kappa shape index (κ2) is 5.83. The van der Waals surface area contributed by atoms with E-state index in [1.807, 2.05) is 30.1 Å². The number of nitrogens with zero attached hydrogens (tertiary/aromatic N) is 3. The summed E-state index contributed by atoms with van der Waals surface area (Å²) in [4.78, 5) is 2.23. The molecule has 0 spiro atoms. The first-order chi connectivity index (χ1) is 10.2. The standard InChI is InChI=1S/C18H19N3/c1-15-8-10-17(11-9-15)21(18-12-13-20(2)19-18)14-16-6-4-3-5-7-16/h3-13H,14H2,1-2H3. The van der Waals surface area contributed by atoms with Crippen molar-refractivity contribution in [1.82, 2.24) is 9.78 Å². The minimum atomic E-state index is 0.806. The van der Waals surface area contributed by atoms with E-state index in [1.54, 1.807) is 0 Å². The van der Waals surface area contributed by atoms with Crippen LogP contribution in [0.15, 0.2) is 66.9 Å². The molecule has 0 N–H and O–H groups in total.